The molecule has 9 rings (SSSR count). The molecule has 0 radical (unpaired) electrons. The van der Waals surface area contributed by atoms with E-state index in [2.05, 4.69) is 119 Å². The maximum atomic E-state index is 9.87. The van der Waals surface area contributed by atoms with Gasteiger partial charge in [0, 0.05) is 33.5 Å². The zero-order chi connectivity index (χ0) is 45.1. The van der Waals surface area contributed by atoms with Gasteiger partial charge in [-0.3, -0.25) is 0 Å². The first kappa shape index (κ1) is 30.0. The Hall–Kier alpha value is -5.16. The van der Waals surface area contributed by atoms with E-state index >= 15 is 0 Å². The normalized spacial score (nSPS) is 15.9. The number of aryl methyl sites for hydroxylation is 1. The maximum absolute atomic E-state index is 9.87. The lowest BCUT2D eigenvalue weighted by Crippen LogP contribution is -2.60. The van der Waals surface area contributed by atoms with E-state index in [1.807, 2.05) is 41.5 Å². The van der Waals surface area contributed by atoms with E-state index < -0.39 is 17.5 Å². The summed E-state index contributed by atoms with van der Waals surface area (Å²) in [5.74, 6) is 0. The van der Waals surface area contributed by atoms with Crippen LogP contribution in [0.1, 0.15) is 119 Å². The van der Waals surface area contributed by atoms with Crippen LogP contribution in [0.2, 0.25) is 0 Å². The molecule has 5 aromatic carbocycles. The van der Waals surface area contributed by atoms with Crippen LogP contribution in [0.15, 0.2) is 106 Å². The van der Waals surface area contributed by atoms with Crippen LogP contribution in [0.4, 0.5) is 34.1 Å². The van der Waals surface area contributed by atoms with Gasteiger partial charge in [0.25, 0.3) is 0 Å². The van der Waals surface area contributed by atoms with Crippen LogP contribution >= 0.6 is 0 Å². The molecule has 0 aliphatic carbocycles. The molecule has 2 aliphatic rings. The molecule has 0 unspecified atom stereocenters. The van der Waals surface area contributed by atoms with Gasteiger partial charge in [-0.15, -0.1) is 0 Å². The highest BCUT2D eigenvalue weighted by Crippen LogP contribution is 2.50. The fourth-order valence-electron chi connectivity index (χ4n) is 8.23. The second-order valence-electron chi connectivity index (χ2n) is 20.0. The van der Waals surface area contributed by atoms with Crippen molar-refractivity contribution in [2.45, 2.75) is 112 Å². The van der Waals surface area contributed by atoms with Gasteiger partial charge in [0.2, 0.25) is 0 Å². The number of hydrogen-bond acceptors (Lipinski definition) is 4. The van der Waals surface area contributed by atoms with Gasteiger partial charge < -0.3 is 18.6 Å². The Balaban J connectivity index is 1.48. The van der Waals surface area contributed by atoms with Crippen LogP contribution in [-0.2, 0) is 21.7 Å². The summed E-state index contributed by atoms with van der Waals surface area (Å²) in [5, 5.41) is 0.895. The van der Waals surface area contributed by atoms with Gasteiger partial charge in [0.15, 0.2) is 0 Å². The quantitative estimate of drug-likeness (QED) is 0.165. The summed E-state index contributed by atoms with van der Waals surface area (Å²) in [6.07, 6.45) is 0. The van der Waals surface area contributed by atoms with E-state index in [-0.39, 0.29) is 58.3 Å². The van der Waals surface area contributed by atoms with E-state index in [9.17, 15) is 8.22 Å². The van der Waals surface area contributed by atoms with Gasteiger partial charge in [-0.25, -0.2) is 0 Å². The van der Waals surface area contributed by atoms with Crippen LogP contribution in [0.25, 0.3) is 21.9 Å². The standard InChI is InChI=1S/C51H55BN2O2/c1-30-26-39-43-40(27-30)54(36-22-16-32(17-23-36)49(5,6)7)45-38-29-34(51(11,12)13)19-25-42(38)56-47(45)52(43)46-44(37-28-33(50(8,9)10)18-24-41(37)55-46)53(39)35-20-14-31(15-21-35)48(2,3)4/h14-29H,1-13H3/i18D,19D,24D,25D,28D,29D. The lowest BCUT2D eigenvalue weighted by Gasteiger charge is -2.41. The number of rotatable bonds is 2. The third-order valence-electron chi connectivity index (χ3n) is 11.4. The SMILES string of the molecule is [2H]c1c(C(C)(C)C)c([2H])c2c3c(oc2c1[2H])B1c2oc4c([2H])c([2H])c(C(C)(C)C)c([2H])c4c2N(c2ccc(C(C)(C)C)cc2)c2cc(C)cc(c21)N3c1ccc(C(C)(C)C)cc1. The van der Waals surface area contributed by atoms with Crippen molar-refractivity contribution in [2.75, 3.05) is 9.80 Å². The summed E-state index contributed by atoms with van der Waals surface area (Å²) in [6.45, 7) is 26.3. The second kappa shape index (κ2) is 11.9. The highest BCUT2D eigenvalue weighted by atomic mass is 16.3. The summed E-state index contributed by atoms with van der Waals surface area (Å²) >= 11 is 0. The van der Waals surface area contributed by atoms with E-state index in [4.69, 9.17) is 8.83 Å². The van der Waals surface area contributed by atoms with Crippen molar-refractivity contribution in [2.24, 2.45) is 0 Å². The molecule has 7 aromatic rings. The van der Waals surface area contributed by atoms with Crippen molar-refractivity contribution in [3.63, 3.8) is 0 Å². The minimum atomic E-state index is -0.738. The van der Waals surface area contributed by atoms with Crippen molar-refractivity contribution in [3.8, 4) is 0 Å². The molecule has 0 saturated heterocycles. The van der Waals surface area contributed by atoms with Gasteiger partial charge in [0.1, 0.15) is 22.5 Å². The molecule has 0 amide bonds. The summed E-state index contributed by atoms with van der Waals surface area (Å²) in [6, 6.07) is 21.3. The molecule has 2 aromatic heterocycles. The van der Waals surface area contributed by atoms with Gasteiger partial charge >= 0.3 is 6.71 Å². The maximum Gasteiger partial charge on any atom is 0.342 e. The van der Waals surface area contributed by atoms with Crippen LogP contribution in [-0.4, -0.2) is 6.71 Å². The molecule has 4 heterocycles. The van der Waals surface area contributed by atoms with E-state index in [0.717, 1.165) is 33.8 Å². The van der Waals surface area contributed by atoms with Gasteiger partial charge in [0.05, 0.1) is 19.6 Å². The number of benzene rings is 5. The Bertz CT molecular complexity index is 2830. The Morgan fingerprint density at radius 2 is 0.857 bits per heavy atom. The van der Waals surface area contributed by atoms with Crippen LogP contribution in [0, 0.1) is 6.92 Å². The van der Waals surface area contributed by atoms with Crippen LogP contribution in [0.5, 0.6) is 0 Å². The average Bonchev–Trinajstić information content (AvgIpc) is 3.75. The predicted molar refractivity (Wildman–Crippen MR) is 240 cm³/mol. The summed E-state index contributed by atoms with van der Waals surface area (Å²) in [7, 11) is 0. The molecule has 4 nitrogen and oxygen atoms in total. The first-order chi connectivity index (χ1) is 28.7. The minimum absolute atomic E-state index is 0.0374. The Morgan fingerprint density at radius 1 is 0.500 bits per heavy atom. The van der Waals surface area contributed by atoms with Crippen LogP contribution < -0.4 is 26.6 Å². The predicted octanol–water partition coefficient (Wildman–Crippen LogP) is 12.8. The third kappa shape index (κ3) is 5.64. The first-order valence-electron chi connectivity index (χ1n) is 22.8. The molecule has 0 bridgehead atoms. The largest absolute Gasteiger partial charge is 0.468 e. The molecule has 0 N–H and O–H groups in total. The average molecular weight is 745 g/mol. The third-order valence-corrected chi connectivity index (χ3v) is 11.4. The van der Waals surface area contributed by atoms with Crippen molar-refractivity contribution >= 4 is 79.6 Å². The second-order valence-corrected chi connectivity index (χ2v) is 20.0. The topological polar surface area (TPSA) is 32.8 Å². The Labute approximate surface area is 342 Å². The molecule has 0 saturated carbocycles. The van der Waals surface area contributed by atoms with Crippen molar-refractivity contribution in [3.05, 3.63) is 125 Å². The molecule has 284 valence electrons. The van der Waals surface area contributed by atoms with Crippen molar-refractivity contribution in [1.29, 1.82) is 0 Å². The van der Waals surface area contributed by atoms with E-state index in [1.165, 1.54) is 11.1 Å². The molecule has 5 heteroatoms. The summed E-state index contributed by atoms with van der Waals surface area (Å²) in [5.41, 5.74) is 9.48. The van der Waals surface area contributed by atoms with Gasteiger partial charge in [-0.2, -0.15) is 0 Å². The molecule has 56 heavy (non-hydrogen) atoms. The van der Waals surface area contributed by atoms with Crippen LogP contribution in [0.3, 0.4) is 0 Å². The number of fused-ring (bicyclic) bond motifs is 8. The monoisotopic (exact) mass is 744 g/mol. The van der Waals surface area contributed by atoms with Crippen molar-refractivity contribution < 1.29 is 17.1 Å². The van der Waals surface area contributed by atoms with Crippen molar-refractivity contribution in [1.82, 2.24) is 0 Å². The Kier molecular flexibility index (Phi) is 6.40. The summed E-state index contributed by atoms with van der Waals surface area (Å²) < 4.78 is 71.0. The molecular formula is C51H55BN2O2. The van der Waals surface area contributed by atoms with E-state index in [1.54, 1.807) is 0 Å². The fraction of sp³-hybridized carbons (Fsp3) is 0.333. The Morgan fingerprint density at radius 3 is 1.20 bits per heavy atom. The lowest BCUT2D eigenvalue weighted by atomic mass is 9.37. The highest BCUT2D eigenvalue weighted by Gasteiger charge is 2.50. The lowest BCUT2D eigenvalue weighted by molar-refractivity contribution is 0.590. The number of nitrogens with zero attached hydrogens (tertiary/aromatic N) is 2. The molecule has 0 fully saturated rings. The molecular weight excluding hydrogens is 683 g/mol. The number of furan rings is 2. The highest BCUT2D eigenvalue weighted by molar-refractivity contribution is 6.99. The number of hydrogen-bond donors (Lipinski definition) is 0. The van der Waals surface area contributed by atoms with Gasteiger partial charge in [-0.1, -0.05) is 119 Å². The van der Waals surface area contributed by atoms with Gasteiger partial charge in [-0.05, 0) is 122 Å². The van der Waals surface area contributed by atoms with E-state index in [0.29, 0.717) is 44.6 Å². The smallest absolute Gasteiger partial charge is 0.342 e. The zero-order valence-electron chi connectivity index (χ0n) is 41.1. The molecule has 2 aliphatic heterocycles. The molecule has 0 spiro atoms. The molecule has 0 atom stereocenters. The number of anilines is 6. The zero-order valence-corrected chi connectivity index (χ0v) is 35.1. The minimum Gasteiger partial charge on any atom is -0.468 e. The first-order valence-corrected chi connectivity index (χ1v) is 19.8. The summed E-state index contributed by atoms with van der Waals surface area (Å²) in [4.78, 5) is 4.31. The fourth-order valence-corrected chi connectivity index (χ4v) is 8.23.